The van der Waals surface area contributed by atoms with Gasteiger partial charge in [-0.3, -0.25) is 33.8 Å². The van der Waals surface area contributed by atoms with E-state index in [1.165, 1.54) is 25.1 Å². The highest BCUT2D eigenvalue weighted by molar-refractivity contribution is 6.32. The number of ketones is 4. The zero-order chi connectivity index (χ0) is 30.2. The molecule has 11 heteroatoms. The highest BCUT2D eigenvalue weighted by Crippen LogP contribution is 2.51. The number of carbonyl (C=O) groups is 5. The Hall–Kier alpha value is -3.02. The second-order valence-electron chi connectivity index (χ2n) is 13.0. The van der Waals surface area contributed by atoms with Crippen LogP contribution in [0.2, 0.25) is 0 Å². The van der Waals surface area contributed by atoms with Gasteiger partial charge in [0.25, 0.3) is 0 Å². The molecule has 2 saturated carbocycles. The Balaban J connectivity index is 1.79. The Morgan fingerprint density at radius 3 is 2.30 bits per heavy atom. The van der Waals surface area contributed by atoms with Crippen LogP contribution in [-0.4, -0.2) is 87.9 Å². The predicted molar refractivity (Wildman–Crippen MR) is 142 cm³/mol. The number of amides is 1. The monoisotopic (exact) mass is 559 g/mol. The van der Waals surface area contributed by atoms with Crippen LogP contribution in [0.3, 0.4) is 0 Å². The number of phenols is 1. The molecule has 0 aliphatic heterocycles. The van der Waals surface area contributed by atoms with Crippen molar-refractivity contribution < 1.29 is 38.6 Å². The van der Waals surface area contributed by atoms with Gasteiger partial charge in [-0.25, -0.2) is 4.39 Å². The zero-order valence-electron chi connectivity index (χ0n) is 23.9. The first-order valence-corrected chi connectivity index (χ1v) is 13.4. The van der Waals surface area contributed by atoms with Gasteiger partial charge in [0.2, 0.25) is 5.91 Å². The summed E-state index contributed by atoms with van der Waals surface area (Å²) in [5, 5.41) is 22.5. The van der Waals surface area contributed by atoms with Crippen molar-refractivity contribution in [2.24, 2.45) is 34.8 Å². The van der Waals surface area contributed by atoms with E-state index in [0.717, 1.165) is 0 Å². The molecule has 7 atom stereocenters. The van der Waals surface area contributed by atoms with Gasteiger partial charge in [0.1, 0.15) is 11.6 Å². The summed E-state index contributed by atoms with van der Waals surface area (Å²) < 4.78 is 16.0. The van der Waals surface area contributed by atoms with Gasteiger partial charge in [0, 0.05) is 29.6 Å². The molecule has 218 valence electrons. The standard InChI is InChI=1S/C29H38FN3O7/c1-12(28(2,3)4)33(7)11-14-10-17(34)19-15(21(14)30)8-13-9-16-22(32(5)6)24(36)20(27(31)39)26(38)29(16,40)25(37)18(13)23(19)35/h10,12-13,16,18,20,22,34,40H,8-9,11H2,1-7H3,(H2,31,39)/t12-,13+,16+,18?,20?,22+,29+/m1/s1. The number of Topliss-reactive ketones (excluding diaryl/α,β-unsaturated/α-hetero) is 4. The number of carbonyl (C=O) groups excluding carboxylic acids is 5. The third-order valence-electron chi connectivity index (χ3n) is 9.40. The maximum atomic E-state index is 16.0. The molecule has 1 amide bonds. The summed E-state index contributed by atoms with van der Waals surface area (Å²) in [7, 11) is 4.85. The molecule has 4 rings (SSSR count). The zero-order valence-corrected chi connectivity index (χ0v) is 23.9. The summed E-state index contributed by atoms with van der Waals surface area (Å²) in [5.74, 6) is -12.3. The lowest BCUT2D eigenvalue weighted by Gasteiger charge is -2.52. The lowest BCUT2D eigenvalue weighted by Crippen LogP contribution is -2.74. The SMILES string of the molecule is C[C@@H](N(C)Cc1cc(O)c2c(c1F)C[C@H]1C[C@H]3[C@H](N(C)C)C(=O)C(C(N)=O)C(=O)[C@@]3(O)C(=O)C1C2=O)C(C)(C)C. The van der Waals surface area contributed by atoms with Crippen molar-refractivity contribution in [3.63, 3.8) is 0 Å². The summed E-state index contributed by atoms with van der Waals surface area (Å²) >= 11 is 0. The summed E-state index contributed by atoms with van der Waals surface area (Å²) in [6.45, 7) is 8.34. The van der Waals surface area contributed by atoms with Crippen molar-refractivity contribution in [2.45, 2.75) is 64.8 Å². The fraction of sp³-hybridized carbons (Fsp3) is 0.621. The first-order chi connectivity index (χ1) is 18.3. The second kappa shape index (κ2) is 9.81. The van der Waals surface area contributed by atoms with Gasteiger partial charge in [-0.05, 0) is 58.3 Å². The Morgan fingerprint density at radius 2 is 1.77 bits per heavy atom. The highest BCUT2D eigenvalue weighted by Gasteiger charge is 2.69. The van der Waals surface area contributed by atoms with Gasteiger partial charge in [-0.2, -0.15) is 0 Å². The molecule has 0 heterocycles. The quantitative estimate of drug-likeness (QED) is 0.445. The van der Waals surface area contributed by atoms with Gasteiger partial charge < -0.3 is 15.9 Å². The number of hydrogen-bond acceptors (Lipinski definition) is 9. The number of nitrogens with two attached hydrogens (primary N) is 1. The lowest BCUT2D eigenvalue weighted by molar-refractivity contribution is -0.181. The van der Waals surface area contributed by atoms with Gasteiger partial charge in [0.05, 0.1) is 17.5 Å². The van der Waals surface area contributed by atoms with Crippen LogP contribution < -0.4 is 5.73 Å². The number of nitrogens with zero attached hydrogens (tertiary/aromatic N) is 2. The second-order valence-corrected chi connectivity index (χ2v) is 13.0. The smallest absolute Gasteiger partial charge is 0.235 e. The highest BCUT2D eigenvalue weighted by atomic mass is 19.1. The number of benzene rings is 1. The van der Waals surface area contributed by atoms with Crippen LogP contribution in [-0.2, 0) is 32.1 Å². The van der Waals surface area contributed by atoms with E-state index in [2.05, 4.69) is 20.8 Å². The number of rotatable bonds is 5. The fourth-order valence-electron chi connectivity index (χ4n) is 6.89. The molecule has 1 aromatic carbocycles. The van der Waals surface area contributed by atoms with Crippen molar-refractivity contribution in [3.05, 3.63) is 28.6 Å². The van der Waals surface area contributed by atoms with Crippen LogP contribution in [0, 0.1) is 34.9 Å². The average molecular weight is 560 g/mol. The van der Waals surface area contributed by atoms with Crippen molar-refractivity contribution in [2.75, 3.05) is 21.1 Å². The number of aromatic hydroxyl groups is 1. The Bertz CT molecular complexity index is 1320. The maximum Gasteiger partial charge on any atom is 0.235 e. The van der Waals surface area contributed by atoms with Gasteiger partial charge in [0.15, 0.2) is 34.7 Å². The molecule has 10 nitrogen and oxygen atoms in total. The number of hydrogen-bond donors (Lipinski definition) is 3. The topological polar surface area (TPSA) is 158 Å². The molecule has 3 aliphatic carbocycles. The van der Waals surface area contributed by atoms with Crippen LogP contribution in [0.5, 0.6) is 5.75 Å². The summed E-state index contributed by atoms with van der Waals surface area (Å²) in [5.41, 5.74) is 2.23. The van der Waals surface area contributed by atoms with Crippen LogP contribution in [0.1, 0.15) is 55.6 Å². The minimum Gasteiger partial charge on any atom is -0.507 e. The van der Waals surface area contributed by atoms with E-state index < -0.39 is 75.9 Å². The van der Waals surface area contributed by atoms with E-state index in [-0.39, 0.29) is 47.5 Å². The van der Waals surface area contributed by atoms with E-state index in [4.69, 9.17) is 5.73 Å². The van der Waals surface area contributed by atoms with Gasteiger partial charge in [-0.1, -0.05) is 20.8 Å². The number of aliphatic hydroxyl groups is 1. The van der Waals surface area contributed by atoms with E-state index in [0.29, 0.717) is 0 Å². The first kappa shape index (κ1) is 30.0. The molecule has 1 aromatic rings. The molecular formula is C29H38FN3O7. The average Bonchev–Trinajstić information content (AvgIpc) is 2.82. The van der Waals surface area contributed by atoms with Crippen LogP contribution in [0.25, 0.3) is 0 Å². The molecule has 2 fully saturated rings. The van der Waals surface area contributed by atoms with Crippen LogP contribution >= 0.6 is 0 Å². The number of phenolic OH excluding ortho intramolecular Hbond substituents is 1. The molecule has 0 spiro atoms. The Morgan fingerprint density at radius 1 is 1.18 bits per heavy atom. The molecule has 0 aromatic heterocycles. The van der Waals surface area contributed by atoms with E-state index in [1.807, 2.05) is 18.9 Å². The summed E-state index contributed by atoms with van der Waals surface area (Å²) in [6, 6.07) is 0.0237. The third kappa shape index (κ3) is 4.29. The normalized spacial score (nSPS) is 31.2. The fourth-order valence-corrected chi connectivity index (χ4v) is 6.89. The molecular weight excluding hydrogens is 521 g/mol. The molecule has 0 bridgehead atoms. The summed E-state index contributed by atoms with van der Waals surface area (Å²) in [6.07, 6.45) is -0.243. The number of likely N-dealkylation sites (N-methyl/N-ethyl adjacent to an activating group) is 1. The lowest BCUT2D eigenvalue weighted by atomic mass is 9.52. The van der Waals surface area contributed by atoms with Crippen molar-refractivity contribution in [1.29, 1.82) is 0 Å². The van der Waals surface area contributed by atoms with Crippen molar-refractivity contribution in [3.8, 4) is 5.75 Å². The Labute approximate surface area is 232 Å². The molecule has 40 heavy (non-hydrogen) atoms. The number of fused-ring (bicyclic) bond motifs is 3. The van der Waals surface area contributed by atoms with Crippen molar-refractivity contribution in [1.82, 2.24) is 9.80 Å². The number of primary amides is 1. The molecule has 2 unspecified atom stereocenters. The maximum absolute atomic E-state index is 16.0. The molecule has 0 radical (unpaired) electrons. The molecule has 3 aliphatic rings. The molecule has 0 saturated heterocycles. The van der Waals surface area contributed by atoms with E-state index in [9.17, 15) is 34.2 Å². The van der Waals surface area contributed by atoms with Gasteiger partial charge >= 0.3 is 0 Å². The van der Waals surface area contributed by atoms with E-state index >= 15 is 4.39 Å². The Kier molecular flexibility index (Phi) is 7.35. The largest absolute Gasteiger partial charge is 0.507 e. The molecule has 4 N–H and O–H groups in total. The van der Waals surface area contributed by atoms with E-state index in [1.54, 1.807) is 0 Å². The van der Waals surface area contributed by atoms with Gasteiger partial charge in [-0.15, -0.1) is 0 Å². The minimum absolute atomic E-state index is 0.0267. The van der Waals surface area contributed by atoms with Crippen LogP contribution in [0.15, 0.2) is 6.07 Å². The van der Waals surface area contributed by atoms with Crippen molar-refractivity contribution >= 4 is 29.0 Å². The predicted octanol–water partition coefficient (Wildman–Crippen LogP) is 0.873. The van der Waals surface area contributed by atoms with Crippen LogP contribution in [0.4, 0.5) is 4.39 Å². The minimum atomic E-state index is -2.81. The number of halogens is 1. The summed E-state index contributed by atoms with van der Waals surface area (Å²) in [4.78, 5) is 69.4. The third-order valence-corrected chi connectivity index (χ3v) is 9.40. The first-order valence-electron chi connectivity index (χ1n) is 13.4.